The first-order chi connectivity index (χ1) is 9.47. The lowest BCUT2D eigenvalue weighted by Gasteiger charge is -2.23. The normalized spacial score (nSPS) is 14.8. The van der Waals surface area contributed by atoms with Gasteiger partial charge in [-0.1, -0.05) is 13.8 Å². The molecule has 0 saturated heterocycles. The standard InChI is InChI=1S/C15H20N2O3/c1-11(2)9-16(13-7-8-13)10-15(18)12-3-5-14(6-4-12)17(19)20/h3-6,11,13H,7-10H2,1-2H3. The SMILES string of the molecule is CC(C)CN(CC(=O)c1ccc([N+](=O)[O-])cc1)C1CC1. The highest BCUT2D eigenvalue weighted by molar-refractivity contribution is 5.97. The summed E-state index contributed by atoms with van der Waals surface area (Å²) in [6.45, 7) is 5.61. The van der Waals surface area contributed by atoms with Crippen molar-refractivity contribution in [2.24, 2.45) is 5.92 Å². The number of ketones is 1. The van der Waals surface area contributed by atoms with E-state index in [4.69, 9.17) is 0 Å². The second kappa shape index (κ2) is 6.13. The Balaban J connectivity index is 2.00. The first-order valence-electron chi connectivity index (χ1n) is 6.99. The second-order valence-electron chi connectivity index (χ2n) is 5.78. The summed E-state index contributed by atoms with van der Waals surface area (Å²) in [6.07, 6.45) is 2.33. The minimum atomic E-state index is -0.455. The average Bonchev–Trinajstić information content (AvgIpc) is 3.21. The molecule has 20 heavy (non-hydrogen) atoms. The first-order valence-corrected chi connectivity index (χ1v) is 6.99. The lowest BCUT2D eigenvalue weighted by molar-refractivity contribution is -0.384. The van der Waals surface area contributed by atoms with Gasteiger partial charge in [0.1, 0.15) is 0 Å². The maximum absolute atomic E-state index is 12.2. The number of non-ortho nitro benzene ring substituents is 1. The molecule has 2 rings (SSSR count). The molecule has 5 nitrogen and oxygen atoms in total. The third-order valence-electron chi connectivity index (χ3n) is 3.41. The van der Waals surface area contributed by atoms with Crippen LogP contribution in [0.1, 0.15) is 37.0 Å². The summed E-state index contributed by atoms with van der Waals surface area (Å²) in [5, 5.41) is 10.6. The Morgan fingerprint density at radius 2 is 1.95 bits per heavy atom. The highest BCUT2D eigenvalue weighted by atomic mass is 16.6. The van der Waals surface area contributed by atoms with Gasteiger partial charge in [-0.2, -0.15) is 0 Å². The number of rotatable bonds is 7. The molecular weight excluding hydrogens is 256 g/mol. The molecule has 1 fully saturated rings. The van der Waals surface area contributed by atoms with Gasteiger partial charge in [0.25, 0.3) is 5.69 Å². The molecule has 0 bridgehead atoms. The van der Waals surface area contributed by atoms with E-state index >= 15 is 0 Å². The third kappa shape index (κ3) is 3.87. The fourth-order valence-corrected chi connectivity index (χ4v) is 2.30. The van der Waals surface area contributed by atoms with Gasteiger partial charge >= 0.3 is 0 Å². The van der Waals surface area contributed by atoms with E-state index in [0.29, 0.717) is 24.1 Å². The Morgan fingerprint density at radius 1 is 1.35 bits per heavy atom. The molecule has 1 saturated carbocycles. The van der Waals surface area contributed by atoms with Crippen molar-refractivity contribution in [3.05, 3.63) is 39.9 Å². The molecule has 108 valence electrons. The van der Waals surface area contributed by atoms with E-state index in [1.54, 1.807) is 12.1 Å². The van der Waals surface area contributed by atoms with Gasteiger partial charge in [0, 0.05) is 30.3 Å². The number of nitro benzene ring substituents is 1. The lowest BCUT2D eigenvalue weighted by atomic mass is 10.1. The number of carbonyl (C=O) groups excluding carboxylic acids is 1. The van der Waals surface area contributed by atoms with Gasteiger partial charge in [-0.25, -0.2) is 0 Å². The van der Waals surface area contributed by atoms with Crippen LogP contribution in [-0.2, 0) is 0 Å². The molecule has 5 heteroatoms. The zero-order valence-corrected chi connectivity index (χ0v) is 11.9. The van der Waals surface area contributed by atoms with E-state index < -0.39 is 4.92 Å². The van der Waals surface area contributed by atoms with Gasteiger partial charge < -0.3 is 0 Å². The summed E-state index contributed by atoms with van der Waals surface area (Å²) in [4.78, 5) is 24.6. The smallest absolute Gasteiger partial charge is 0.269 e. The van der Waals surface area contributed by atoms with Crippen LogP contribution in [0.2, 0.25) is 0 Å². The molecule has 0 radical (unpaired) electrons. The molecule has 0 N–H and O–H groups in total. The minimum Gasteiger partial charge on any atom is -0.293 e. The molecule has 1 aliphatic carbocycles. The molecule has 0 aliphatic heterocycles. The zero-order valence-electron chi connectivity index (χ0n) is 11.9. The van der Waals surface area contributed by atoms with E-state index in [2.05, 4.69) is 18.7 Å². The fraction of sp³-hybridized carbons (Fsp3) is 0.533. The predicted molar refractivity (Wildman–Crippen MR) is 76.9 cm³/mol. The van der Waals surface area contributed by atoms with Gasteiger partial charge in [-0.3, -0.25) is 19.8 Å². The zero-order chi connectivity index (χ0) is 14.7. The third-order valence-corrected chi connectivity index (χ3v) is 3.41. The van der Waals surface area contributed by atoms with Crippen molar-refractivity contribution in [3.63, 3.8) is 0 Å². The van der Waals surface area contributed by atoms with Crippen LogP contribution in [0, 0.1) is 16.0 Å². The average molecular weight is 276 g/mol. The van der Waals surface area contributed by atoms with E-state index in [9.17, 15) is 14.9 Å². The number of nitro groups is 1. The molecule has 0 heterocycles. The summed E-state index contributed by atoms with van der Waals surface area (Å²) < 4.78 is 0. The lowest BCUT2D eigenvalue weighted by Crippen LogP contribution is -2.34. The summed E-state index contributed by atoms with van der Waals surface area (Å²) in [5.41, 5.74) is 0.563. The molecule has 1 aromatic carbocycles. The highest BCUT2D eigenvalue weighted by Gasteiger charge is 2.30. The van der Waals surface area contributed by atoms with Gasteiger partial charge in [-0.15, -0.1) is 0 Å². The monoisotopic (exact) mass is 276 g/mol. The van der Waals surface area contributed by atoms with Crippen molar-refractivity contribution in [2.75, 3.05) is 13.1 Å². The van der Waals surface area contributed by atoms with Crippen LogP contribution in [0.4, 0.5) is 5.69 Å². The number of carbonyl (C=O) groups is 1. The Labute approximate surface area is 118 Å². The van der Waals surface area contributed by atoms with Crippen LogP contribution >= 0.6 is 0 Å². The van der Waals surface area contributed by atoms with Crippen molar-refractivity contribution in [1.82, 2.24) is 4.90 Å². The molecule has 0 unspecified atom stereocenters. The van der Waals surface area contributed by atoms with Crippen molar-refractivity contribution in [1.29, 1.82) is 0 Å². The topological polar surface area (TPSA) is 63.5 Å². The number of hydrogen-bond donors (Lipinski definition) is 0. The molecule has 0 aromatic heterocycles. The van der Waals surface area contributed by atoms with Crippen molar-refractivity contribution >= 4 is 11.5 Å². The molecule has 1 aliphatic rings. The van der Waals surface area contributed by atoms with E-state index in [0.717, 1.165) is 6.54 Å². The number of Topliss-reactive ketones (excluding diaryl/α,β-unsaturated/α-hetero) is 1. The van der Waals surface area contributed by atoms with Crippen molar-refractivity contribution in [2.45, 2.75) is 32.7 Å². The molecule has 1 aromatic rings. The van der Waals surface area contributed by atoms with Crippen LogP contribution in [0.3, 0.4) is 0 Å². The summed E-state index contributed by atoms with van der Waals surface area (Å²) in [6, 6.07) is 6.40. The largest absolute Gasteiger partial charge is 0.293 e. The van der Waals surface area contributed by atoms with E-state index in [-0.39, 0.29) is 11.5 Å². The van der Waals surface area contributed by atoms with Gasteiger partial charge in [0.05, 0.1) is 11.5 Å². The number of benzene rings is 1. The maximum atomic E-state index is 12.2. The Morgan fingerprint density at radius 3 is 2.40 bits per heavy atom. The van der Waals surface area contributed by atoms with Gasteiger partial charge in [0.2, 0.25) is 0 Å². The van der Waals surface area contributed by atoms with Crippen LogP contribution in [0.5, 0.6) is 0 Å². The van der Waals surface area contributed by atoms with Crippen molar-refractivity contribution in [3.8, 4) is 0 Å². The predicted octanol–water partition coefficient (Wildman–Crippen LogP) is 2.90. The van der Waals surface area contributed by atoms with Gasteiger partial charge in [-0.05, 0) is 30.9 Å². The van der Waals surface area contributed by atoms with Gasteiger partial charge in [0.15, 0.2) is 5.78 Å². The van der Waals surface area contributed by atoms with Crippen LogP contribution < -0.4 is 0 Å². The quantitative estimate of drug-likeness (QED) is 0.436. The molecule has 0 amide bonds. The summed E-state index contributed by atoms with van der Waals surface area (Å²) in [7, 11) is 0. The molecule has 0 atom stereocenters. The van der Waals surface area contributed by atoms with Crippen LogP contribution in [0.15, 0.2) is 24.3 Å². The Kier molecular flexibility index (Phi) is 4.49. The second-order valence-corrected chi connectivity index (χ2v) is 5.78. The van der Waals surface area contributed by atoms with E-state index in [1.807, 2.05) is 0 Å². The van der Waals surface area contributed by atoms with Crippen LogP contribution in [-0.4, -0.2) is 34.7 Å². The van der Waals surface area contributed by atoms with Crippen LogP contribution in [0.25, 0.3) is 0 Å². The highest BCUT2D eigenvalue weighted by Crippen LogP contribution is 2.27. The first kappa shape index (κ1) is 14.7. The fourth-order valence-electron chi connectivity index (χ4n) is 2.30. The number of hydrogen-bond acceptors (Lipinski definition) is 4. The number of nitrogens with zero attached hydrogens (tertiary/aromatic N) is 2. The Bertz CT molecular complexity index is 492. The summed E-state index contributed by atoms with van der Waals surface area (Å²) >= 11 is 0. The minimum absolute atomic E-state index is 0.0165. The molecular formula is C15H20N2O3. The summed E-state index contributed by atoms with van der Waals surface area (Å²) in [5.74, 6) is 0.563. The molecule has 0 spiro atoms. The van der Waals surface area contributed by atoms with Crippen molar-refractivity contribution < 1.29 is 9.72 Å². The maximum Gasteiger partial charge on any atom is 0.269 e. The Hall–Kier alpha value is -1.75. The van der Waals surface area contributed by atoms with E-state index in [1.165, 1.54) is 25.0 Å².